The molecule has 0 atom stereocenters. The van der Waals surface area contributed by atoms with Crippen molar-refractivity contribution in [2.24, 2.45) is 0 Å². The van der Waals surface area contributed by atoms with Crippen molar-refractivity contribution in [2.45, 2.75) is 6.42 Å². The Hall–Kier alpha value is -1.79. The quantitative estimate of drug-likeness (QED) is 0.753. The van der Waals surface area contributed by atoms with Gasteiger partial charge in [-0.1, -0.05) is 12.1 Å². The van der Waals surface area contributed by atoms with Gasteiger partial charge in [0.15, 0.2) is 6.61 Å². The first kappa shape index (κ1) is 17.3. The van der Waals surface area contributed by atoms with E-state index in [9.17, 15) is 9.59 Å². The number of ether oxygens (including phenoxy) is 1. The topological polar surface area (TPSA) is 70.7 Å². The predicted molar refractivity (Wildman–Crippen MR) is 83.1 cm³/mol. The highest BCUT2D eigenvalue weighted by molar-refractivity contribution is 5.97. The number of amides is 2. The Morgan fingerprint density at radius 1 is 1.38 bits per heavy atom. The number of para-hydroxylation sites is 2. The van der Waals surface area contributed by atoms with Crippen molar-refractivity contribution in [3.8, 4) is 5.75 Å². The minimum atomic E-state index is -0.0507. The van der Waals surface area contributed by atoms with Crippen LogP contribution in [0.15, 0.2) is 24.3 Å². The van der Waals surface area contributed by atoms with Gasteiger partial charge >= 0.3 is 0 Å². The van der Waals surface area contributed by atoms with Crippen molar-refractivity contribution in [2.75, 3.05) is 38.2 Å². The number of hydrogen-bond donors (Lipinski definition) is 2. The molecule has 1 aromatic carbocycles. The lowest BCUT2D eigenvalue weighted by Crippen LogP contribution is -2.41. The molecule has 6 nitrogen and oxygen atoms in total. The summed E-state index contributed by atoms with van der Waals surface area (Å²) in [5.74, 6) is 0.637. The number of nitrogens with zero attached hydrogens (tertiary/aromatic N) is 1. The number of carbonyl (C=O) groups is 2. The summed E-state index contributed by atoms with van der Waals surface area (Å²) in [4.78, 5) is 24.9. The fourth-order valence-electron chi connectivity index (χ4n) is 2.09. The van der Waals surface area contributed by atoms with Crippen LogP contribution in [0, 0.1) is 0 Å². The maximum atomic E-state index is 11.9. The van der Waals surface area contributed by atoms with Gasteiger partial charge in [-0.15, -0.1) is 12.4 Å². The van der Waals surface area contributed by atoms with E-state index in [1.54, 1.807) is 11.9 Å². The van der Waals surface area contributed by atoms with E-state index < -0.39 is 0 Å². The molecular formula is C14H20ClN3O3. The summed E-state index contributed by atoms with van der Waals surface area (Å²) in [6.45, 7) is 1.49. The van der Waals surface area contributed by atoms with Crippen LogP contribution in [-0.2, 0) is 9.59 Å². The summed E-state index contributed by atoms with van der Waals surface area (Å²) < 4.78 is 5.37. The summed E-state index contributed by atoms with van der Waals surface area (Å²) in [6.07, 6.45) is 0.704. The van der Waals surface area contributed by atoms with Crippen LogP contribution in [0.4, 0.5) is 5.69 Å². The first-order valence-electron chi connectivity index (χ1n) is 6.66. The van der Waals surface area contributed by atoms with E-state index in [4.69, 9.17) is 4.74 Å². The van der Waals surface area contributed by atoms with E-state index >= 15 is 0 Å². The number of carbonyl (C=O) groups excluding carboxylic acids is 2. The smallest absolute Gasteiger partial charge is 0.265 e. The van der Waals surface area contributed by atoms with Crippen LogP contribution in [-0.4, -0.2) is 45.1 Å². The Balaban J connectivity index is 0.00000220. The molecule has 0 aliphatic carbocycles. The molecule has 2 amide bonds. The molecule has 0 aromatic heterocycles. The van der Waals surface area contributed by atoms with Gasteiger partial charge in [-0.25, -0.2) is 0 Å². The zero-order valence-corrected chi connectivity index (χ0v) is 12.7. The van der Waals surface area contributed by atoms with Crippen molar-refractivity contribution >= 4 is 29.9 Å². The predicted octanol–water partition coefficient (Wildman–Crippen LogP) is 0.559. The molecule has 0 fully saturated rings. The number of hydrogen-bond acceptors (Lipinski definition) is 4. The standard InChI is InChI=1S/C14H19N3O3.ClH/c1-15-9-13(18)16-7-4-8-17-11-5-2-3-6-12(11)20-10-14(17)19;/h2-3,5-6,15H,4,7-10H2,1H3,(H,16,18);1H. The Bertz CT molecular complexity index is 496. The summed E-state index contributed by atoms with van der Waals surface area (Å²) in [5, 5.41) is 5.58. The summed E-state index contributed by atoms with van der Waals surface area (Å²) in [5.41, 5.74) is 0.797. The average Bonchev–Trinajstić information content (AvgIpc) is 2.45. The molecule has 0 spiro atoms. The van der Waals surface area contributed by atoms with Gasteiger partial charge in [-0.05, 0) is 25.6 Å². The van der Waals surface area contributed by atoms with E-state index in [0.29, 0.717) is 26.1 Å². The number of likely N-dealkylation sites (N-methyl/N-ethyl adjacent to an activating group) is 1. The van der Waals surface area contributed by atoms with Gasteiger partial charge in [0, 0.05) is 13.1 Å². The monoisotopic (exact) mass is 313 g/mol. The molecule has 7 heteroatoms. The lowest BCUT2D eigenvalue weighted by Gasteiger charge is -2.29. The SMILES string of the molecule is CNCC(=O)NCCCN1C(=O)COc2ccccc21.Cl. The molecule has 0 saturated carbocycles. The van der Waals surface area contributed by atoms with E-state index in [1.165, 1.54) is 0 Å². The number of halogens is 1. The maximum absolute atomic E-state index is 11.9. The molecule has 21 heavy (non-hydrogen) atoms. The van der Waals surface area contributed by atoms with Crippen LogP contribution < -0.4 is 20.3 Å². The fourth-order valence-corrected chi connectivity index (χ4v) is 2.09. The number of rotatable bonds is 6. The molecule has 1 heterocycles. The fraction of sp³-hybridized carbons (Fsp3) is 0.429. The molecule has 0 radical (unpaired) electrons. The second-order valence-electron chi connectivity index (χ2n) is 4.54. The van der Waals surface area contributed by atoms with E-state index in [1.807, 2.05) is 24.3 Å². The minimum Gasteiger partial charge on any atom is -0.482 e. The molecule has 1 aromatic rings. The first-order valence-corrected chi connectivity index (χ1v) is 6.66. The van der Waals surface area contributed by atoms with Crippen LogP contribution in [0.1, 0.15) is 6.42 Å². The normalized spacial score (nSPS) is 13.0. The van der Waals surface area contributed by atoms with Gasteiger partial charge in [0.05, 0.1) is 12.2 Å². The summed E-state index contributed by atoms with van der Waals surface area (Å²) >= 11 is 0. The van der Waals surface area contributed by atoms with Crippen molar-refractivity contribution in [1.82, 2.24) is 10.6 Å². The Morgan fingerprint density at radius 3 is 2.90 bits per heavy atom. The van der Waals surface area contributed by atoms with Crippen molar-refractivity contribution in [3.05, 3.63) is 24.3 Å². The second-order valence-corrected chi connectivity index (χ2v) is 4.54. The first-order chi connectivity index (χ1) is 9.72. The van der Waals surface area contributed by atoms with Gasteiger partial charge < -0.3 is 20.3 Å². The van der Waals surface area contributed by atoms with Gasteiger partial charge in [0.1, 0.15) is 5.75 Å². The number of benzene rings is 1. The van der Waals surface area contributed by atoms with Gasteiger partial charge in [0.25, 0.3) is 5.91 Å². The third kappa shape index (κ3) is 4.61. The summed E-state index contributed by atoms with van der Waals surface area (Å²) in [6, 6.07) is 7.47. The lowest BCUT2D eigenvalue weighted by atomic mass is 10.2. The molecule has 0 unspecified atom stereocenters. The highest BCUT2D eigenvalue weighted by Crippen LogP contribution is 2.31. The van der Waals surface area contributed by atoms with Gasteiger partial charge in [0.2, 0.25) is 5.91 Å². The van der Waals surface area contributed by atoms with Crippen LogP contribution in [0.2, 0.25) is 0 Å². The van der Waals surface area contributed by atoms with Crippen molar-refractivity contribution in [1.29, 1.82) is 0 Å². The Labute approximate surface area is 130 Å². The van der Waals surface area contributed by atoms with E-state index in [0.717, 1.165) is 11.4 Å². The third-order valence-corrected chi connectivity index (χ3v) is 3.03. The molecule has 2 rings (SSSR count). The van der Waals surface area contributed by atoms with Gasteiger partial charge in [-0.2, -0.15) is 0 Å². The molecule has 0 saturated heterocycles. The molecule has 1 aliphatic heterocycles. The zero-order valence-electron chi connectivity index (χ0n) is 11.9. The van der Waals surface area contributed by atoms with Crippen LogP contribution >= 0.6 is 12.4 Å². The largest absolute Gasteiger partial charge is 0.482 e. The van der Waals surface area contributed by atoms with E-state index in [-0.39, 0.29) is 30.8 Å². The van der Waals surface area contributed by atoms with Crippen molar-refractivity contribution < 1.29 is 14.3 Å². The van der Waals surface area contributed by atoms with Crippen LogP contribution in [0.3, 0.4) is 0 Å². The second kappa shape index (κ2) is 8.49. The van der Waals surface area contributed by atoms with Crippen LogP contribution in [0.5, 0.6) is 5.75 Å². The molecule has 2 N–H and O–H groups in total. The van der Waals surface area contributed by atoms with Gasteiger partial charge in [-0.3, -0.25) is 9.59 Å². The highest BCUT2D eigenvalue weighted by Gasteiger charge is 2.24. The van der Waals surface area contributed by atoms with E-state index in [2.05, 4.69) is 10.6 Å². The number of fused-ring (bicyclic) bond motifs is 1. The molecule has 1 aliphatic rings. The third-order valence-electron chi connectivity index (χ3n) is 3.03. The average molecular weight is 314 g/mol. The highest BCUT2D eigenvalue weighted by atomic mass is 35.5. The molecule has 0 bridgehead atoms. The molecule has 116 valence electrons. The maximum Gasteiger partial charge on any atom is 0.265 e. The molecular weight excluding hydrogens is 294 g/mol. The zero-order chi connectivity index (χ0) is 14.4. The number of anilines is 1. The Morgan fingerprint density at radius 2 is 2.14 bits per heavy atom. The lowest BCUT2D eigenvalue weighted by molar-refractivity contribution is -0.121. The minimum absolute atomic E-state index is 0. The Kier molecular flexibility index (Phi) is 6.98. The number of nitrogens with one attached hydrogen (secondary N) is 2. The van der Waals surface area contributed by atoms with Crippen molar-refractivity contribution in [3.63, 3.8) is 0 Å². The van der Waals surface area contributed by atoms with Crippen LogP contribution in [0.25, 0.3) is 0 Å². The summed E-state index contributed by atoms with van der Waals surface area (Å²) in [7, 11) is 1.73.